The van der Waals surface area contributed by atoms with Crippen LogP contribution in [0.25, 0.3) is 0 Å². The second kappa shape index (κ2) is 10.6. The Hall–Kier alpha value is -2.87. The average Bonchev–Trinajstić information content (AvgIpc) is 3.11. The topological polar surface area (TPSA) is 105 Å². The summed E-state index contributed by atoms with van der Waals surface area (Å²) in [6.07, 6.45) is 5.08. The molecule has 29 heavy (non-hydrogen) atoms. The van der Waals surface area contributed by atoms with E-state index in [1.165, 1.54) is 0 Å². The van der Waals surface area contributed by atoms with Crippen LogP contribution in [0.4, 0.5) is 10.5 Å². The number of rotatable bonds is 9. The monoisotopic (exact) mass is 402 g/mol. The third-order valence-electron chi connectivity index (χ3n) is 3.99. The first-order valence-corrected chi connectivity index (χ1v) is 9.72. The highest BCUT2D eigenvalue weighted by molar-refractivity contribution is 5.90. The molecule has 158 valence electrons. The van der Waals surface area contributed by atoms with E-state index in [4.69, 9.17) is 9.84 Å². The maximum absolute atomic E-state index is 12.1. The largest absolute Gasteiger partial charge is 0.444 e. The molecule has 2 aromatic rings. The molecule has 8 nitrogen and oxygen atoms in total. The molecule has 1 aromatic carbocycles. The van der Waals surface area contributed by atoms with Gasteiger partial charge in [0.15, 0.2) is 0 Å². The molecule has 0 fully saturated rings. The average molecular weight is 402 g/mol. The maximum atomic E-state index is 12.1. The zero-order valence-electron chi connectivity index (χ0n) is 17.3. The van der Waals surface area contributed by atoms with Crippen LogP contribution >= 0.6 is 0 Å². The Labute approximate surface area is 171 Å². The molecule has 0 aliphatic heterocycles. The molecule has 0 radical (unpaired) electrons. The van der Waals surface area contributed by atoms with Gasteiger partial charge in [0.2, 0.25) is 5.91 Å². The van der Waals surface area contributed by atoms with Crippen molar-refractivity contribution in [1.29, 1.82) is 0 Å². The molecule has 2 amide bonds. The normalized spacial score (nSPS) is 11.2. The molecule has 0 saturated carbocycles. The van der Waals surface area contributed by atoms with E-state index in [1.54, 1.807) is 12.5 Å². The number of nitrogens with one attached hydrogen (secondary N) is 2. The van der Waals surface area contributed by atoms with Gasteiger partial charge < -0.3 is 25.0 Å². The first-order valence-electron chi connectivity index (χ1n) is 9.72. The van der Waals surface area contributed by atoms with Crippen molar-refractivity contribution in [3.63, 3.8) is 0 Å². The Kier molecular flexibility index (Phi) is 8.21. The number of hydrogen-bond donors (Lipinski definition) is 3. The zero-order valence-corrected chi connectivity index (χ0v) is 17.3. The molecule has 2 rings (SSSR count). The van der Waals surface area contributed by atoms with Crippen molar-refractivity contribution in [2.24, 2.45) is 0 Å². The molecule has 0 saturated heterocycles. The van der Waals surface area contributed by atoms with Crippen molar-refractivity contribution in [2.75, 3.05) is 5.32 Å². The first kappa shape index (κ1) is 22.4. The molecule has 0 spiro atoms. The summed E-state index contributed by atoms with van der Waals surface area (Å²) < 4.78 is 7.10. The van der Waals surface area contributed by atoms with E-state index in [0.717, 1.165) is 30.6 Å². The predicted molar refractivity (Wildman–Crippen MR) is 110 cm³/mol. The number of amides is 2. The first-order chi connectivity index (χ1) is 13.7. The lowest BCUT2D eigenvalue weighted by Gasteiger charge is -2.19. The van der Waals surface area contributed by atoms with Gasteiger partial charge in [0, 0.05) is 31.4 Å². The smallest absolute Gasteiger partial charge is 0.407 e. The lowest BCUT2D eigenvalue weighted by Crippen LogP contribution is -2.32. The fourth-order valence-electron chi connectivity index (χ4n) is 2.61. The van der Waals surface area contributed by atoms with Gasteiger partial charge in [0.05, 0.1) is 18.6 Å². The van der Waals surface area contributed by atoms with Crippen LogP contribution in [-0.4, -0.2) is 32.3 Å². The third-order valence-corrected chi connectivity index (χ3v) is 3.99. The van der Waals surface area contributed by atoms with Gasteiger partial charge in [-0.15, -0.1) is 0 Å². The standard InChI is InChI=1S/C21H30N4O4/c1-21(2,3)29-20(28)22-12-16-7-9-17(10-8-16)24-19(27)6-4-5-11-25-13-18(14-26)23-15-25/h7-10,13,15,26H,4-6,11-12,14H2,1-3H3,(H,22,28)(H,24,27). The van der Waals surface area contributed by atoms with E-state index >= 15 is 0 Å². The minimum absolute atomic E-state index is 0.0358. The molecule has 0 bridgehead atoms. The third kappa shape index (κ3) is 8.78. The van der Waals surface area contributed by atoms with Crippen LogP contribution in [-0.2, 0) is 29.2 Å². The number of carbonyl (C=O) groups is 2. The Morgan fingerprint density at radius 1 is 1.17 bits per heavy atom. The van der Waals surface area contributed by atoms with Gasteiger partial charge in [-0.05, 0) is 51.3 Å². The number of hydrogen-bond acceptors (Lipinski definition) is 5. The summed E-state index contributed by atoms with van der Waals surface area (Å²) in [6, 6.07) is 7.33. The summed E-state index contributed by atoms with van der Waals surface area (Å²) >= 11 is 0. The van der Waals surface area contributed by atoms with Crippen LogP contribution in [0.3, 0.4) is 0 Å². The van der Waals surface area contributed by atoms with E-state index in [-0.39, 0.29) is 12.5 Å². The van der Waals surface area contributed by atoms with E-state index in [0.29, 0.717) is 18.7 Å². The Morgan fingerprint density at radius 3 is 2.52 bits per heavy atom. The zero-order chi connectivity index (χ0) is 21.3. The predicted octanol–water partition coefficient (Wildman–Crippen LogP) is 3.21. The molecule has 3 N–H and O–H groups in total. The van der Waals surface area contributed by atoms with E-state index < -0.39 is 11.7 Å². The van der Waals surface area contributed by atoms with Gasteiger partial charge in [0.1, 0.15) is 5.60 Å². The maximum Gasteiger partial charge on any atom is 0.407 e. The number of ether oxygens (including phenoxy) is 1. The van der Waals surface area contributed by atoms with E-state index in [1.807, 2.05) is 49.6 Å². The SMILES string of the molecule is CC(C)(C)OC(=O)NCc1ccc(NC(=O)CCCCn2cnc(CO)c2)cc1. The fraction of sp³-hybridized carbons (Fsp3) is 0.476. The number of unbranched alkanes of at least 4 members (excludes halogenated alkanes) is 1. The molecule has 1 heterocycles. The van der Waals surface area contributed by atoms with E-state index in [9.17, 15) is 9.59 Å². The van der Waals surface area contributed by atoms with Gasteiger partial charge in [-0.3, -0.25) is 4.79 Å². The number of anilines is 1. The number of carbonyl (C=O) groups excluding carboxylic acids is 2. The summed E-state index contributed by atoms with van der Waals surface area (Å²) in [5, 5.41) is 14.6. The second-order valence-corrected chi connectivity index (χ2v) is 7.82. The quantitative estimate of drug-likeness (QED) is 0.559. The van der Waals surface area contributed by atoms with Crippen LogP contribution in [0.5, 0.6) is 0 Å². The highest BCUT2D eigenvalue weighted by atomic mass is 16.6. The summed E-state index contributed by atoms with van der Waals surface area (Å²) in [5.74, 6) is -0.0358. The van der Waals surface area contributed by atoms with Crippen LogP contribution < -0.4 is 10.6 Å². The highest BCUT2D eigenvalue weighted by Crippen LogP contribution is 2.12. The molecular weight excluding hydrogens is 372 g/mol. The van der Waals surface area contributed by atoms with Crippen LogP contribution in [0.15, 0.2) is 36.8 Å². The van der Waals surface area contributed by atoms with Crippen LogP contribution in [0.1, 0.15) is 51.3 Å². The lowest BCUT2D eigenvalue weighted by molar-refractivity contribution is -0.116. The summed E-state index contributed by atoms with van der Waals surface area (Å²) in [7, 11) is 0. The number of aliphatic hydroxyl groups is 1. The van der Waals surface area contributed by atoms with Crippen molar-refractivity contribution in [3.05, 3.63) is 48.0 Å². The molecule has 0 aliphatic rings. The fourth-order valence-corrected chi connectivity index (χ4v) is 2.61. The summed E-state index contributed by atoms with van der Waals surface area (Å²) in [5.41, 5.74) is 1.75. The molecule has 1 aromatic heterocycles. The van der Waals surface area contributed by atoms with E-state index in [2.05, 4.69) is 15.6 Å². The Bertz CT molecular complexity index is 794. The highest BCUT2D eigenvalue weighted by Gasteiger charge is 2.15. The molecule has 0 atom stereocenters. The van der Waals surface area contributed by atoms with Crippen molar-refractivity contribution in [1.82, 2.24) is 14.9 Å². The lowest BCUT2D eigenvalue weighted by atomic mass is 10.2. The van der Waals surface area contributed by atoms with Gasteiger partial charge in [0.25, 0.3) is 0 Å². The molecular formula is C21H30N4O4. The number of nitrogens with zero attached hydrogens (tertiary/aromatic N) is 2. The number of aliphatic hydroxyl groups excluding tert-OH is 1. The summed E-state index contributed by atoms with van der Waals surface area (Å²) in [6.45, 7) is 6.50. The van der Waals surface area contributed by atoms with Gasteiger partial charge in [-0.1, -0.05) is 12.1 Å². The Balaban J connectivity index is 1.66. The van der Waals surface area contributed by atoms with Crippen LogP contribution in [0.2, 0.25) is 0 Å². The van der Waals surface area contributed by atoms with Crippen LogP contribution in [0, 0.1) is 0 Å². The van der Waals surface area contributed by atoms with Crippen molar-refractivity contribution in [3.8, 4) is 0 Å². The minimum Gasteiger partial charge on any atom is -0.444 e. The van der Waals surface area contributed by atoms with Crippen molar-refractivity contribution >= 4 is 17.7 Å². The Morgan fingerprint density at radius 2 is 1.90 bits per heavy atom. The number of benzene rings is 1. The molecule has 8 heteroatoms. The van der Waals surface area contributed by atoms with Crippen molar-refractivity contribution < 1.29 is 19.4 Å². The number of aromatic nitrogens is 2. The number of aryl methyl sites for hydroxylation is 1. The van der Waals surface area contributed by atoms with Gasteiger partial charge in [-0.25, -0.2) is 9.78 Å². The second-order valence-electron chi connectivity index (χ2n) is 7.82. The number of imidazole rings is 1. The molecule has 0 aliphatic carbocycles. The molecule has 0 unspecified atom stereocenters. The van der Waals surface area contributed by atoms with Crippen molar-refractivity contribution in [2.45, 2.75) is 65.3 Å². The summed E-state index contributed by atoms with van der Waals surface area (Å²) in [4.78, 5) is 27.8. The van der Waals surface area contributed by atoms with Gasteiger partial charge >= 0.3 is 6.09 Å². The van der Waals surface area contributed by atoms with Gasteiger partial charge in [-0.2, -0.15) is 0 Å². The number of alkyl carbamates (subject to hydrolysis) is 1. The minimum atomic E-state index is -0.528.